The number of nitrogen functional groups attached to an aromatic ring is 1. The van der Waals surface area contributed by atoms with Gasteiger partial charge in [-0.1, -0.05) is 0 Å². The Bertz CT molecular complexity index is 592. The second-order valence-corrected chi connectivity index (χ2v) is 4.10. The lowest BCUT2D eigenvalue weighted by molar-refractivity contribution is 0.0956. The summed E-state index contributed by atoms with van der Waals surface area (Å²) in [5.74, 6) is 0.755. The highest BCUT2D eigenvalue weighted by Gasteiger charge is 2.09. The summed E-state index contributed by atoms with van der Waals surface area (Å²) in [6, 6.07) is 6.66. The molecule has 1 aromatic heterocycles. The molecule has 2 rings (SSSR count). The Hall–Kier alpha value is -2.50. The third-order valence-corrected chi connectivity index (χ3v) is 2.51. The van der Waals surface area contributed by atoms with Crippen molar-refractivity contribution in [3.05, 3.63) is 35.5 Å². The van der Waals surface area contributed by atoms with Gasteiger partial charge < -0.3 is 15.8 Å². The van der Waals surface area contributed by atoms with E-state index in [4.69, 9.17) is 10.5 Å². The lowest BCUT2D eigenvalue weighted by Gasteiger charge is -2.08. The molecule has 0 aliphatic rings. The van der Waals surface area contributed by atoms with Gasteiger partial charge >= 0.3 is 0 Å². The molecule has 0 saturated heterocycles. The van der Waals surface area contributed by atoms with Crippen LogP contribution in [0.5, 0.6) is 11.6 Å². The standard InChI is InChI=1S/C13H16N4O2/c1-3-15-13(18)9-4-5-11(10(14)7-9)19-12-6-8(2)16-17-12/h4-7H,3,14H2,1-2H3,(H,15,18)(H,16,17). The molecule has 100 valence electrons. The van der Waals surface area contributed by atoms with Gasteiger partial charge in [-0.3, -0.25) is 9.89 Å². The predicted octanol–water partition coefficient (Wildman–Crippen LogP) is 1.84. The van der Waals surface area contributed by atoms with Crippen LogP contribution in [0, 0.1) is 6.92 Å². The molecule has 4 N–H and O–H groups in total. The summed E-state index contributed by atoms with van der Waals surface area (Å²) in [7, 11) is 0. The van der Waals surface area contributed by atoms with Crippen molar-refractivity contribution in [3.8, 4) is 11.6 Å². The maximum atomic E-state index is 11.6. The number of benzene rings is 1. The number of aromatic nitrogens is 2. The second-order valence-electron chi connectivity index (χ2n) is 4.10. The molecule has 0 unspecified atom stereocenters. The van der Waals surface area contributed by atoms with Gasteiger partial charge in [0.05, 0.1) is 5.69 Å². The lowest BCUT2D eigenvalue weighted by Crippen LogP contribution is -2.22. The van der Waals surface area contributed by atoms with E-state index in [1.54, 1.807) is 24.3 Å². The van der Waals surface area contributed by atoms with Crippen LogP contribution in [0.4, 0.5) is 5.69 Å². The predicted molar refractivity (Wildman–Crippen MR) is 72.3 cm³/mol. The number of anilines is 1. The third-order valence-electron chi connectivity index (χ3n) is 2.51. The second kappa shape index (κ2) is 5.43. The molecule has 1 aromatic carbocycles. The molecule has 0 radical (unpaired) electrons. The SMILES string of the molecule is CCNC(=O)c1ccc(Oc2cc(C)[nH]n2)c(N)c1. The van der Waals surface area contributed by atoms with E-state index in [0.717, 1.165) is 5.69 Å². The Balaban J connectivity index is 2.17. The fraction of sp³-hybridized carbons (Fsp3) is 0.231. The molecule has 0 saturated carbocycles. The number of nitrogens with two attached hydrogens (primary N) is 1. The monoisotopic (exact) mass is 260 g/mol. The quantitative estimate of drug-likeness (QED) is 0.731. The largest absolute Gasteiger partial charge is 0.435 e. The van der Waals surface area contributed by atoms with Crippen LogP contribution in [0.3, 0.4) is 0 Å². The van der Waals surface area contributed by atoms with Crippen LogP contribution in [0.25, 0.3) is 0 Å². The maximum Gasteiger partial charge on any atom is 0.251 e. The van der Waals surface area contributed by atoms with Crippen molar-refractivity contribution in [3.63, 3.8) is 0 Å². The molecular weight excluding hydrogens is 244 g/mol. The molecule has 0 aliphatic carbocycles. The maximum absolute atomic E-state index is 11.6. The van der Waals surface area contributed by atoms with Crippen LogP contribution >= 0.6 is 0 Å². The normalized spacial score (nSPS) is 10.2. The highest BCUT2D eigenvalue weighted by atomic mass is 16.5. The molecule has 19 heavy (non-hydrogen) atoms. The summed E-state index contributed by atoms with van der Waals surface area (Å²) in [6.45, 7) is 4.31. The van der Waals surface area contributed by atoms with Crippen molar-refractivity contribution in [2.45, 2.75) is 13.8 Å². The van der Waals surface area contributed by atoms with Gasteiger partial charge in [0.15, 0.2) is 5.75 Å². The number of carbonyl (C=O) groups excluding carboxylic acids is 1. The molecule has 0 atom stereocenters. The number of amides is 1. The summed E-state index contributed by atoms with van der Waals surface area (Å²) in [6.07, 6.45) is 0. The van der Waals surface area contributed by atoms with Crippen LogP contribution in [-0.2, 0) is 0 Å². The van der Waals surface area contributed by atoms with Gasteiger partial charge in [-0.05, 0) is 32.0 Å². The summed E-state index contributed by atoms with van der Waals surface area (Å²) in [5.41, 5.74) is 7.66. The number of hydrogen-bond donors (Lipinski definition) is 3. The van der Waals surface area contributed by atoms with E-state index in [1.807, 2.05) is 13.8 Å². The van der Waals surface area contributed by atoms with Crippen molar-refractivity contribution in [1.82, 2.24) is 15.5 Å². The van der Waals surface area contributed by atoms with Gasteiger partial charge in [0, 0.05) is 23.9 Å². The van der Waals surface area contributed by atoms with Gasteiger partial charge in [0.25, 0.3) is 5.91 Å². The summed E-state index contributed by atoms with van der Waals surface area (Å²) >= 11 is 0. The summed E-state index contributed by atoms with van der Waals surface area (Å²) in [4.78, 5) is 11.6. The minimum Gasteiger partial charge on any atom is -0.435 e. The number of hydrogen-bond acceptors (Lipinski definition) is 4. The molecule has 0 fully saturated rings. The first kappa shape index (κ1) is 12.9. The van der Waals surface area contributed by atoms with Gasteiger partial charge in [-0.2, -0.15) is 0 Å². The number of H-pyrrole nitrogens is 1. The van der Waals surface area contributed by atoms with Crippen LogP contribution in [0.15, 0.2) is 24.3 Å². The third kappa shape index (κ3) is 3.04. The van der Waals surface area contributed by atoms with Gasteiger partial charge in [-0.25, -0.2) is 0 Å². The molecular formula is C13H16N4O2. The van der Waals surface area contributed by atoms with E-state index < -0.39 is 0 Å². The summed E-state index contributed by atoms with van der Waals surface area (Å²) < 4.78 is 5.53. The number of aromatic amines is 1. The van der Waals surface area contributed by atoms with Gasteiger partial charge in [0.1, 0.15) is 0 Å². The highest BCUT2D eigenvalue weighted by Crippen LogP contribution is 2.27. The number of aryl methyl sites for hydroxylation is 1. The van der Waals surface area contributed by atoms with E-state index >= 15 is 0 Å². The first-order valence-corrected chi connectivity index (χ1v) is 5.97. The number of nitrogens with one attached hydrogen (secondary N) is 2. The summed E-state index contributed by atoms with van der Waals surface area (Å²) in [5, 5.41) is 9.44. The smallest absolute Gasteiger partial charge is 0.251 e. The van der Waals surface area contributed by atoms with Crippen molar-refractivity contribution in [1.29, 1.82) is 0 Å². The molecule has 2 aromatic rings. The van der Waals surface area contributed by atoms with Crippen molar-refractivity contribution >= 4 is 11.6 Å². The van der Waals surface area contributed by atoms with E-state index in [1.165, 1.54) is 0 Å². The Morgan fingerprint density at radius 3 is 2.84 bits per heavy atom. The molecule has 6 heteroatoms. The number of ether oxygens (including phenoxy) is 1. The lowest BCUT2D eigenvalue weighted by atomic mass is 10.2. The molecule has 0 aliphatic heterocycles. The van der Waals surface area contributed by atoms with Gasteiger partial charge in [0.2, 0.25) is 5.88 Å². The zero-order chi connectivity index (χ0) is 13.8. The van der Waals surface area contributed by atoms with E-state index in [2.05, 4.69) is 15.5 Å². The molecule has 0 spiro atoms. The van der Waals surface area contributed by atoms with Crippen LogP contribution in [-0.4, -0.2) is 22.6 Å². The zero-order valence-corrected chi connectivity index (χ0v) is 10.9. The van der Waals surface area contributed by atoms with Crippen LogP contribution < -0.4 is 15.8 Å². The molecule has 1 amide bonds. The zero-order valence-electron chi connectivity index (χ0n) is 10.9. The molecule has 1 heterocycles. The Labute approximate surface area is 111 Å². The Morgan fingerprint density at radius 1 is 1.47 bits per heavy atom. The van der Waals surface area contributed by atoms with E-state index in [0.29, 0.717) is 29.4 Å². The molecule has 6 nitrogen and oxygen atoms in total. The number of carbonyl (C=O) groups is 1. The Morgan fingerprint density at radius 2 is 2.26 bits per heavy atom. The van der Waals surface area contributed by atoms with Crippen LogP contribution in [0.2, 0.25) is 0 Å². The fourth-order valence-corrected chi connectivity index (χ4v) is 1.60. The topological polar surface area (TPSA) is 93.0 Å². The fourth-order valence-electron chi connectivity index (χ4n) is 1.60. The van der Waals surface area contributed by atoms with Crippen LogP contribution in [0.1, 0.15) is 23.0 Å². The van der Waals surface area contributed by atoms with Gasteiger partial charge in [-0.15, -0.1) is 5.10 Å². The van der Waals surface area contributed by atoms with E-state index in [-0.39, 0.29) is 5.91 Å². The van der Waals surface area contributed by atoms with E-state index in [9.17, 15) is 4.79 Å². The first-order chi connectivity index (χ1) is 9.10. The minimum absolute atomic E-state index is 0.156. The highest BCUT2D eigenvalue weighted by molar-refractivity contribution is 5.95. The Kier molecular flexibility index (Phi) is 3.70. The average molecular weight is 260 g/mol. The first-order valence-electron chi connectivity index (χ1n) is 5.97. The number of nitrogens with zero attached hydrogens (tertiary/aromatic N) is 1. The average Bonchev–Trinajstić information content (AvgIpc) is 2.78. The molecule has 0 bridgehead atoms. The minimum atomic E-state index is -0.156. The number of rotatable bonds is 4. The van der Waals surface area contributed by atoms with Crippen molar-refractivity contribution < 1.29 is 9.53 Å². The van der Waals surface area contributed by atoms with Crippen molar-refractivity contribution in [2.75, 3.05) is 12.3 Å². The van der Waals surface area contributed by atoms with Crippen molar-refractivity contribution in [2.24, 2.45) is 0 Å².